The maximum atomic E-state index is 12.4. The molecule has 1 aromatic heterocycles. The molecule has 0 fully saturated rings. The molecule has 1 heterocycles. The molecule has 0 radical (unpaired) electrons. The van der Waals surface area contributed by atoms with Crippen molar-refractivity contribution in [3.05, 3.63) is 88.1 Å². The Morgan fingerprint density at radius 3 is 2.31 bits per heavy atom. The van der Waals surface area contributed by atoms with E-state index in [1.54, 1.807) is 35.6 Å². The van der Waals surface area contributed by atoms with Crippen molar-refractivity contribution in [2.75, 3.05) is 11.9 Å². The minimum atomic E-state index is -0.161. The molecule has 1 amide bonds. The second kappa shape index (κ2) is 8.45. The third-order valence-electron chi connectivity index (χ3n) is 4.01. The van der Waals surface area contributed by atoms with E-state index in [0.717, 1.165) is 16.1 Å². The Morgan fingerprint density at radius 2 is 1.69 bits per heavy atom. The van der Waals surface area contributed by atoms with Gasteiger partial charge in [-0.3, -0.25) is 9.59 Å². The third kappa shape index (κ3) is 4.58. The fourth-order valence-electron chi connectivity index (χ4n) is 2.64. The minimum Gasteiger partial charge on any atom is -0.376 e. The summed E-state index contributed by atoms with van der Waals surface area (Å²) in [6.07, 6.45) is 0. The van der Waals surface area contributed by atoms with E-state index in [4.69, 9.17) is 0 Å². The molecular weight excluding hydrogens is 344 g/mol. The van der Waals surface area contributed by atoms with Gasteiger partial charge in [0.15, 0.2) is 5.78 Å². The number of carbonyl (C=O) groups is 2. The van der Waals surface area contributed by atoms with Gasteiger partial charge in [0.2, 0.25) is 5.91 Å². The highest BCUT2D eigenvalue weighted by atomic mass is 32.1. The van der Waals surface area contributed by atoms with Crippen molar-refractivity contribution < 1.29 is 9.59 Å². The van der Waals surface area contributed by atoms with Gasteiger partial charge in [0.25, 0.3) is 0 Å². The normalized spacial score (nSPS) is 11.6. The highest BCUT2D eigenvalue weighted by Gasteiger charge is 2.17. The average molecular weight is 364 g/mol. The highest BCUT2D eigenvalue weighted by molar-refractivity contribution is 7.10. The third-order valence-corrected chi connectivity index (χ3v) is 4.95. The quantitative estimate of drug-likeness (QED) is 0.616. The van der Waals surface area contributed by atoms with Crippen molar-refractivity contribution >= 4 is 28.7 Å². The molecule has 0 aliphatic rings. The van der Waals surface area contributed by atoms with Gasteiger partial charge in [-0.15, -0.1) is 11.3 Å². The zero-order valence-corrected chi connectivity index (χ0v) is 15.3. The van der Waals surface area contributed by atoms with Crippen molar-refractivity contribution in [3.8, 4) is 0 Å². The Kier molecular flexibility index (Phi) is 5.81. The summed E-state index contributed by atoms with van der Waals surface area (Å²) < 4.78 is 0. The van der Waals surface area contributed by atoms with Gasteiger partial charge in [-0.2, -0.15) is 0 Å². The summed E-state index contributed by atoms with van der Waals surface area (Å²) in [5, 5.41) is 8.19. The van der Waals surface area contributed by atoms with Crippen LogP contribution in [0.25, 0.3) is 0 Å². The van der Waals surface area contributed by atoms with Crippen LogP contribution in [-0.4, -0.2) is 18.2 Å². The van der Waals surface area contributed by atoms with Crippen LogP contribution >= 0.6 is 11.3 Å². The largest absolute Gasteiger partial charge is 0.376 e. The van der Waals surface area contributed by atoms with Crippen molar-refractivity contribution in [1.29, 1.82) is 0 Å². The number of Topliss-reactive ketones (excluding diaryl/α,β-unsaturated/α-hetero) is 1. The maximum Gasteiger partial charge on any atom is 0.240 e. The van der Waals surface area contributed by atoms with E-state index in [0.29, 0.717) is 5.56 Å². The van der Waals surface area contributed by atoms with E-state index in [2.05, 4.69) is 10.6 Å². The van der Waals surface area contributed by atoms with Gasteiger partial charge in [-0.25, -0.2) is 0 Å². The van der Waals surface area contributed by atoms with E-state index in [1.165, 1.54) is 6.92 Å². The van der Waals surface area contributed by atoms with Crippen LogP contribution in [0.1, 0.15) is 33.8 Å². The summed E-state index contributed by atoms with van der Waals surface area (Å²) in [5.74, 6) is -0.0705. The van der Waals surface area contributed by atoms with Gasteiger partial charge in [0.1, 0.15) is 0 Å². The zero-order chi connectivity index (χ0) is 18.4. The van der Waals surface area contributed by atoms with Crippen LogP contribution in [0.4, 0.5) is 5.69 Å². The predicted octanol–water partition coefficient (Wildman–Crippen LogP) is 4.27. The van der Waals surface area contributed by atoms with Crippen molar-refractivity contribution in [3.63, 3.8) is 0 Å². The predicted molar refractivity (Wildman–Crippen MR) is 106 cm³/mol. The van der Waals surface area contributed by atoms with Crippen LogP contribution in [0, 0.1) is 0 Å². The first-order valence-electron chi connectivity index (χ1n) is 8.36. The highest BCUT2D eigenvalue weighted by Crippen LogP contribution is 2.25. The molecular formula is C21H20N2O2S. The van der Waals surface area contributed by atoms with Crippen LogP contribution in [0.15, 0.2) is 72.1 Å². The van der Waals surface area contributed by atoms with Crippen LogP contribution in [0.2, 0.25) is 0 Å². The molecule has 0 bridgehead atoms. The molecule has 0 saturated carbocycles. The van der Waals surface area contributed by atoms with Gasteiger partial charge >= 0.3 is 0 Å². The molecule has 0 spiro atoms. The minimum absolute atomic E-state index is 0.0240. The first-order valence-corrected chi connectivity index (χ1v) is 9.24. The number of anilines is 1. The molecule has 132 valence electrons. The van der Waals surface area contributed by atoms with E-state index in [9.17, 15) is 9.59 Å². The molecule has 1 atom stereocenters. The lowest BCUT2D eigenvalue weighted by Crippen LogP contribution is -2.33. The van der Waals surface area contributed by atoms with E-state index < -0.39 is 0 Å². The molecule has 5 heteroatoms. The lowest BCUT2D eigenvalue weighted by Gasteiger charge is -2.18. The zero-order valence-electron chi connectivity index (χ0n) is 14.4. The Hall–Kier alpha value is -2.92. The SMILES string of the molecule is CC(=O)c1ccc(NCC(=O)NC(c2ccccc2)c2cccs2)cc1. The standard InChI is InChI=1S/C21H20N2O2S/c1-15(24)16-9-11-18(12-10-16)22-14-20(25)23-21(19-8-5-13-26-19)17-6-3-2-4-7-17/h2-13,21-22H,14H2,1H3,(H,23,25). The smallest absolute Gasteiger partial charge is 0.240 e. The summed E-state index contributed by atoms with van der Waals surface area (Å²) in [7, 11) is 0. The van der Waals surface area contributed by atoms with Crippen molar-refractivity contribution in [2.24, 2.45) is 0 Å². The van der Waals surface area contributed by atoms with Gasteiger partial charge in [0, 0.05) is 16.1 Å². The summed E-state index contributed by atoms with van der Waals surface area (Å²) in [6.45, 7) is 1.69. The Balaban J connectivity index is 1.64. The number of ketones is 1. The average Bonchev–Trinajstić information content (AvgIpc) is 3.20. The molecule has 3 aromatic rings. The van der Waals surface area contributed by atoms with E-state index in [-0.39, 0.29) is 24.3 Å². The number of amides is 1. The molecule has 0 aliphatic heterocycles. The first kappa shape index (κ1) is 17.9. The summed E-state index contributed by atoms with van der Waals surface area (Å²) in [4.78, 5) is 24.8. The van der Waals surface area contributed by atoms with Crippen molar-refractivity contribution in [1.82, 2.24) is 5.32 Å². The molecule has 2 aromatic carbocycles. The van der Waals surface area contributed by atoms with Gasteiger partial charge in [0.05, 0.1) is 12.6 Å². The lowest BCUT2D eigenvalue weighted by molar-refractivity contribution is -0.119. The topological polar surface area (TPSA) is 58.2 Å². The number of thiophene rings is 1. The van der Waals surface area contributed by atoms with Gasteiger partial charge in [-0.1, -0.05) is 36.4 Å². The fraction of sp³-hybridized carbons (Fsp3) is 0.143. The molecule has 26 heavy (non-hydrogen) atoms. The molecule has 4 nitrogen and oxygen atoms in total. The Bertz CT molecular complexity index is 859. The molecule has 0 aliphatic carbocycles. The van der Waals surface area contributed by atoms with Crippen LogP contribution in [0.5, 0.6) is 0 Å². The van der Waals surface area contributed by atoms with Crippen LogP contribution in [0.3, 0.4) is 0 Å². The van der Waals surface area contributed by atoms with Gasteiger partial charge < -0.3 is 10.6 Å². The Labute approximate surface area is 156 Å². The van der Waals surface area contributed by atoms with E-state index in [1.807, 2.05) is 47.8 Å². The Morgan fingerprint density at radius 1 is 0.962 bits per heavy atom. The lowest BCUT2D eigenvalue weighted by atomic mass is 10.1. The molecule has 3 rings (SSSR count). The molecule has 0 saturated heterocycles. The molecule has 2 N–H and O–H groups in total. The van der Waals surface area contributed by atoms with Crippen LogP contribution < -0.4 is 10.6 Å². The summed E-state index contributed by atoms with van der Waals surface area (Å²) in [6, 6.07) is 20.9. The van der Waals surface area contributed by atoms with Crippen LogP contribution in [-0.2, 0) is 4.79 Å². The van der Waals surface area contributed by atoms with Crippen molar-refractivity contribution in [2.45, 2.75) is 13.0 Å². The van der Waals surface area contributed by atoms with E-state index >= 15 is 0 Å². The number of carbonyl (C=O) groups excluding carboxylic acids is 2. The number of hydrogen-bond acceptors (Lipinski definition) is 4. The second-order valence-electron chi connectivity index (χ2n) is 5.91. The number of rotatable bonds is 7. The monoisotopic (exact) mass is 364 g/mol. The number of nitrogens with one attached hydrogen (secondary N) is 2. The summed E-state index contributed by atoms with van der Waals surface area (Å²) in [5.41, 5.74) is 2.51. The maximum absolute atomic E-state index is 12.4. The molecule has 1 unspecified atom stereocenters. The first-order chi connectivity index (χ1) is 12.6. The summed E-state index contributed by atoms with van der Waals surface area (Å²) >= 11 is 1.62. The number of benzene rings is 2. The second-order valence-corrected chi connectivity index (χ2v) is 6.89. The van der Waals surface area contributed by atoms with Gasteiger partial charge in [-0.05, 0) is 48.2 Å². The fourth-order valence-corrected chi connectivity index (χ4v) is 3.44. The number of hydrogen-bond donors (Lipinski definition) is 2.